The second-order valence-electron chi connectivity index (χ2n) is 7.11. The van der Waals surface area contributed by atoms with Gasteiger partial charge in [0.15, 0.2) is 0 Å². The summed E-state index contributed by atoms with van der Waals surface area (Å²) in [4.78, 5) is 14.6. The van der Waals surface area contributed by atoms with Crippen LogP contribution in [0.3, 0.4) is 0 Å². The van der Waals surface area contributed by atoms with Crippen LogP contribution in [0.15, 0.2) is 53.4 Å². The predicted molar refractivity (Wildman–Crippen MR) is 114 cm³/mol. The first-order valence-corrected chi connectivity index (χ1v) is 11.5. The van der Waals surface area contributed by atoms with Gasteiger partial charge in [-0.25, -0.2) is 8.42 Å². The molecule has 0 atom stereocenters. The minimum Gasteiger partial charge on any atom is -0.494 e. The predicted octanol–water partition coefficient (Wildman–Crippen LogP) is 2.44. The number of sulfonamides is 1. The molecule has 0 N–H and O–H groups in total. The number of aryl methyl sites for hydroxylation is 1. The fourth-order valence-electron chi connectivity index (χ4n) is 3.33. The van der Waals surface area contributed by atoms with Crippen molar-refractivity contribution in [1.29, 1.82) is 0 Å². The summed E-state index contributed by atoms with van der Waals surface area (Å²) in [5.74, 6) is 0.427. The number of nitrogens with zero attached hydrogens (tertiary/aromatic N) is 2. The Balaban J connectivity index is 1.89. The van der Waals surface area contributed by atoms with Crippen molar-refractivity contribution in [2.45, 2.75) is 25.3 Å². The van der Waals surface area contributed by atoms with E-state index in [1.165, 1.54) is 10.4 Å². The highest BCUT2D eigenvalue weighted by molar-refractivity contribution is 7.89. The standard InChI is InChI=1S/C22H28N2O5S/c1-3-29-21-10-9-20(15-18(21)2)30(26,27)24(16-19-7-5-4-6-8-19)17-22(25)23-11-13-28-14-12-23/h4-10,15H,3,11-14,16-17H2,1-2H3. The van der Waals surface area contributed by atoms with Crippen molar-refractivity contribution < 1.29 is 22.7 Å². The summed E-state index contributed by atoms with van der Waals surface area (Å²) in [6.45, 7) is 5.97. The first-order chi connectivity index (χ1) is 14.4. The summed E-state index contributed by atoms with van der Waals surface area (Å²) in [6, 6.07) is 14.1. The maximum Gasteiger partial charge on any atom is 0.243 e. The van der Waals surface area contributed by atoms with Crippen LogP contribution in [0, 0.1) is 6.92 Å². The third kappa shape index (κ3) is 5.38. The smallest absolute Gasteiger partial charge is 0.243 e. The highest BCUT2D eigenvalue weighted by Gasteiger charge is 2.29. The van der Waals surface area contributed by atoms with Gasteiger partial charge in [-0.1, -0.05) is 30.3 Å². The molecule has 162 valence electrons. The van der Waals surface area contributed by atoms with Crippen molar-refractivity contribution in [2.75, 3.05) is 39.5 Å². The molecule has 0 saturated carbocycles. The molecule has 1 amide bonds. The van der Waals surface area contributed by atoms with Gasteiger partial charge < -0.3 is 14.4 Å². The van der Waals surface area contributed by atoms with Crippen LogP contribution in [0.2, 0.25) is 0 Å². The third-order valence-corrected chi connectivity index (χ3v) is 6.75. The summed E-state index contributed by atoms with van der Waals surface area (Å²) < 4.78 is 39.0. The lowest BCUT2D eigenvalue weighted by atomic mass is 10.2. The Hall–Kier alpha value is -2.42. The van der Waals surface area contributed by atoms with E-state index in [0.29, 0.717) is 38.7 Å². The summed E-state index contributed by atoms with van der Waals surface area (Å²) >= 11 is 0. The number of morpholine rings is 1. The molecule has 2 aromatic rings. The number of benzene rings is 2. The van der Waals surface area contributed by atoms with E-state index in [9.17, 15) is 13.2 Å². The van der Waals surface area contributed by atoms with Crippen LogP contribution >= 0.6 is 0 Å². The van der Waals surface area contributed by atoms with Gasteiger partial charge in [0.05, 0.1) is 31.3 Å². The molecule has 1 aliphatic rings. The fraction of sp³-hybridized carbons (Fsp3) is 0.409. The zero-order valence-corrected chi connectivity index (χ0v) is 18.2. The van der Waals surface area contributed by atoms with Gasteiger partial charge in [-0.15, -0.1) is 0 Å². The molecule has 30 heavy (non-hydrogen) atoms. The maximum atomic E-state index is 13.5. The van der Waals surface area contributed by atoms with E-state index in [0.717, 1.165) is 11.1 Å². The van der Waals surface area contributed by atoms with E-state index in [1.54, 1.807) is 17.0 Å². The van der Waals surface area contributed by atoms with Crippen LogP contribution in [0.5, 0.6) is 5.75 Å². The molecule has 1 saturated heterocycles. The normalized spacial score (nSPS) is 14.7. The number of amides is 1. The Labute approximate surface area is 178 Å². The van der Waals surface area contributed by atoms with Crippen LogP contribution in [0.25, 0.3) is 0 Å². The number of rotatable bonds is 8. The van der Waals surface area contributed by atoms with Crippen molar-refractivity contribution >= 4 is 15.9 Å². The molecule has 0 spiro atoms. The summed E-state index contributed by atoms with van der Waals surface area (Å²) in [6.07, 6.45) is 0. The highest BCUT2D eigenvalue weighted by Crippen LogP contribution is 2.25. The van der Waals surface area contributed by atoms with Crippen LogP contribution in [0.4, 0.5) is 0 Å². The molecular weight excluding hydrogens is 404 g/mol. The van der Waals surface area contributed by atoms with Gasteiger partial charge in [-0.3, -0.25) is 4.79 Å². The first kappa shape index (κ1) is 22.3. The molecule has 1 heterocycles. The Morgan fingerprint density at radius 1 is 1.13 bits per heavy atom. The molecule has 1 fully saturated rings. The molecule has 2 aromatic carbocycles. The molecule has 0 radical (unpaired) electrons. The first-order valence-electron chi connectivity index (χ1n) is 10.0. The largest absolute Gasteiger partial charge is 0.494 e. The van der Waals surface area contributed by atoms with Crippen LogP contribution in [-0.2, 0) is 26.1 Å². The lowest BCUT2D eigenvalue weighted by Gasteiger charge is -2.30. The highest BCUT2D eigenvalue weighted by atomic mass is 32.2. The lowest BCUT2D eigenvalue weighted by molar-refractivity contribution is -0.135. The third-order valence-electron chi connectivity index (χ3n) is 4.96. The van der Waals surface area contributed by atoms with Crippen molar-refractivity contribution in [3.63, 3.8) is 0 Å². The zero-order valence-electron chi connectivity index (χ0n) is 17.4. The molecule has 7 nitrogen and oxygen atoms in total. The second kappa shape index (κ2) is 10.1. The Morgan fingerprint density at radius 2 is 1.83 bits per heavy atom. The van der Waals surface area contributed by atoms with Gasteiger partial charge in [0.25, 0.3) is 0 Å². The SMILES string of the molecule is CCOc1ccc(S(=O)(=O)N(CC(=O)N2CCOCC2)Cc2ccccc2)cc1C. The van der Waals surface area contributed by atoms with E-state index >= 15 is 0 Å². The number of hydrogen-bond acceptors (Lipinski definition) is 5. The van der Waals surface area contributed by atoms with Crippen molar-refractivity contribution in [2.24, 2.45) is 0 Å². The molecule has 8 heteroatoms. The van der Waals surface area contributed by atoms with Gasteiger partial charge in [0, 0.05) is 19.6 Å². The van der Waals surface area contributed by atoms with E-state index < -0.39 is 10.0 Å². The maximum absolute atomic E-state index is 13.5. The second-order valence-corrected chi connectivity index (χ2v) is 9.05. The van der Waals surface area contributed by atoms with Crippen LogP contribution in [-0.4, -0.2) is 63.0 Å². The van der Waals surface area contributed by atoms with E-state index in [4.69, 9.17) is 9.47 Å². The Morgan fingerprint density at radius 3 is 2.47 bits per heavy atom. The molecule has 0 bridgehead atoms. The number of hydrogen-bond donors (Lipinski definition) is 0. The van der Waals surface area contributed by atoms with Gasteiger partial charge >= 0.3 is 0 Å². The van der Waals surface area contributed by atoms with E-state index in [1.807, 2.05) is 44.2 Å². The van der Waals surface area contributed by atoms with Crippen LogP contribution in [0.1, 0.15) is 18.1 Å². The fourth-order valence-corrected chi connectivity index (χ4v) is 4.79. The van der Waals surface area contributed by atoms with Crippen LogP contribution < -0.4 is 4.74 Å². The minimum absolute atomic E-state index is 0.117. The zero-order chi connectivity index (χ0) is 21.6. The molecule has 1 aliphatic heterocycles. The quantitative estimate of drug-likeness (QED) is 0.640. The van der Waals surface area contributed by atoms with Gasteiger partial charge in [0.1, 0.15) is 5.75 Å². The average Bonchev–Trinajstić information content (AvgIpc) is 2.76. The Bertz CT molecular complexity index is 957. The topological polar surface area (TPSA) is 76.2 Å². The molecule has 0 unspecified atom stereocenters. The molecule has 0 aromatic heterocycles. The summed E-state index contributed by atoms with van der Waals surface area (Å²) in [7, 11) is -3.89. The van der Waals surface area contributed by atoms with Gasteiger partial charge in [0.2, 0.25) is 15.9 Å². The van der Waals surface area contributed by atoms with E-state index in [2.05, 4.69) is 0 Å². The summed E-state index contributed by atoms with van der Waals surface area (Å²) in [5, 5.41) is 0. The van der Waals surface area contributed by atoms with Crippen molar-refractivity contribution in [1.82, 2.24) is 9.21 Å². The number of ether oxygens (including phenoxy) is 2. The monoisotopic (exact) mass is 432 g/mol. The van der Waals surface area contributed by atoms with E-state index in [-0.39, 0.29) is 23.9 Å². The minimum atomic E-state index is -3.89. The number of carbonyl (C=O) groups is 1. The molecule has 3 rings (SSSR count). The molecular formula is C22H28N2O5S. The Kier molecular flexibility index (Phi) is 7.47. The number of carbonyl (C=O) groups excluding carboxylic acids is 1. The lowest BCUT2D eigenvalue weighted by Crippen LogP contribution is -2.46. The molecule has 0 aliphatic carbocycles. The summed E-state index contributed by atoms with van der Waals surface area (Å²) in [5.41, 5.74) is 1.55. The van der Waals surface area contributed by atoms with Crippen molar-refractivity contribution in [3.05, 3.63) is 59.7 Å². The van der Waals surface area contributed by atoms with Gasteiger partial charge in [-0.05, 0) is 43.2 Å². The van der Waals surface area contributed by atoms with Crippen molar-refractivity contribution in [3.8, 4) is 5.75 Å². The average molecular weight is 433 g/mol. The van der Waals surface area contributed by atoms with Gasteiger partial charge in [-0.2, -0.15) is 4.31 Å².